The van der Waals surface area contributed by atoms with Crippen molar-refractivity contribution in [1.29, 1.82) is 0 Å². The van der Waals surface area contributed by atoms with Gasteiger partial charge in [-0.25, -0.2) is 4.98 Å². The summed E-state index contributed by atoms with van der Waals surface area (Å²) in [5, 5.41) is 2.87. The van der Waals surface area contributed by atoms with Gasteiger partial charge in [0, 0.05) is 31.0 Å². The average Bonchev–Trinajstić information content (AvgIpc) is 2.88. The van der Waals surface area contributed by atoms with Crippen LogP contribution < -0.4 is 5.32 Å². The molecule has 0 atom stereocenters. The van der Waals surface area contributed by atoms with Crippen LogP contribution in [0.5, 0.6) is 0 Å². The maximum absolute atomic E-state index is 11.7. The molecular formula is C13H14N3O. The highest BCUT2D eigenvalue weighted by Gasteiger charge is 2.02. The fourth-order valence-corrected chi connectivity index (χ4v) is 1.52. The van der Waals surface area contributed by atoms with Gasteiger partial charge in [0.15, 0.2) is 0 Å². The summed E-state index contributed by atoms with van der Waals surface area (Å²) in [7, 11) is 0. The van der Waals surface area contributed by atoms with Gasteiger partial charge < -0.3 is 9.88 Å². The minimum Gasteiger partial charge on any atom is -0.352 e. The Balaban J connectivity index is 1.70. The number of imidazole rings is 1. The molecule has 0 unspecified atom stereocenters. The predicted octanol–water partition coefficient (Wildman–Crippen LogP) is 1.50. The summed E-state index contributed by atoms with van der Waals surface area (Å²) >= 11 is 0. The van der Waals surface area contributed by atoms with Gasteiger partial charge in [-0.05, 0) is 24.6 Å². The minimum atomic E-state index is -0.0374. The summed E-state index contributed by atoms with van der Waals surface area (Å²) in [5.74, 6) is -0.0374. The van der Waals surface area contributed by atoms with Gasteiger partial charge in [0.25, 0.3) is 5.91 Å². The van der Waals surface area contributed by atoms with Crippen LogP contribution in [-0.2, 0) is 6.54 Å². The van der Waals surface area contributed by atoms with Crippen molar-refractivity contribution in [3.63, 3.8) is 0 Å². The first kappa shape index (κ1) is 11.4. The molecule has 0 saturated heterocycles. The Morgan fingerprint density at radius 2 is 2.24 bits per heavy atom. The van der Waals surface area contributed by atoms with Crippen LogP contribution in [0, 0.1) is 6.07 Å². The van der Waals surface area contributed by atoms with Crippen LogP contribution in [0.15, 0.2) is 43.0 Å². The van der Waals surface area contributed by atoms with Crippen LogP contribution in [0.1, 0.15) is 16.8 Å². The number of amides is 1. The highest BCUT2D eigenvalue weighted by molar-refractivity contribution is 5.94. The smallest absolute Gasteiger partial charge is 0.251 e. The number of nitrogens with zero attached hydrogens (tertiary/aromatic N) is 2. The van der Waals surface area contributed by atoms with Crippen molar-refractivity contribution < 1.29 is 4.79 Å². The van der Waals surface area contributed by atoms with Crippen LogP contribution in [-0.4, -0.2) is 22.0 Å². The van der Waals surface area contributed by atoms with Crippen molar-refractivity contribution in [3.05, 3.63) is 54.6 Å². The Labute approximate surface area is 100 Å². The van der Waals surface area contributed by atoms with E-state index >= 15 is 0 Å². The van der Waals surface area contributed by atoms with E-state index in [-0.39, 0.29) is 5.91 Å². The van der Waals surface area contributed by atoms with Gasteiger partial charge in [-0.3, -0.25) is 4.79 Å². The Morgan fingerprint density at radius 1 is 1.41 bits per heavy atom. The number of nitrogens with one attached hydrogen (secondary N) is 1. The number of hydrogen-bond acceptors (Lipinski definition) is 2. The lowest BCUT2D eigenvalue weighted by Gasteiger charge is -2.05. The SMILES string of the molecule is O=C(NCCCn1ccnc1)c1cc[c]cc1. The molecule has 1 aromatic carbocycles. The van der Waals surface area contributed by atoms with Gasteiger partial charge in [-0.1, -0.05) is 12.1 Å². The summed E-state index contributed by atoms with van der Waals surface area (Å²) < 4.78 is 1.99. The second-order valence-electron chi connectivity index (χ2n) is 3.70. The molecule has 0 aliphatic rings. The molecule has 4 heteroatoms. The topological polar surface area (TPSA) is 46.9 Å². The van der Waals surface area contributed by atoms with Crippen molar-refractivity contribution in [2.24, 2.45) is 0 Å². The monoisotopic (exact) mass is 228 g/mol. The number of rotatable bonds is 5. The number of carbonyl (C=O) groups is 1. The molecule has 0 aliphatic carbocycles. The maximum atomic E-state index is 11.7. The van der Waals surface area contributed by atoms with Crippen molar-refractivity contribution in [2.45, 2.75) is 13.0 Å². The Hall–Kier alpha value is -2.10. The summed E-state index contributed by atoms with van der Waals surface area (Å²) in [6, 6.07) is 9.87. The van der Waals surface area contributed by atoms with E-state index in [1.807, 2.05) is 10.8 Å². The largest absolute Gasteiger partial charge is 0.352 e. The molecule has 2 aromatic rings. The number of aryl methyl sites for hydroxylation is 1. The highest BCUT2D eigenvalue weighted by atomic mass is 16.1. The number of carbonyl (C=O) groups excluding carboxylic acids is 1. The van der Waals surface area contributed by atoms with Gasteiger partial charge in [0.05, 0.1) is 6.33 Å². The van der Waals surface area contributed by atoms with Crippen molar-refractivity contribution in [2.75, 3.05) is 6.54 Å². The van der Waals surface area contributed by atoms with Gasteiger partial charge in [-0.2, -0.15) is 0 Å². The first-order chi connectivity index (χ1) is 8.36. The van der Waals surface area contributed by atoms with Crippen molar-refractivity contribution >= 4 is 5.91 Å². The maximum Gasteiger partial charge on any atom is 0.251 e. The second-order valence-corrected chi connectivity index (χ2v) is 3.70. The minimum absolute atomic E-state index is 0.0374. The molecule has 2 rings (SSSR count). The van der Waals surface area contributed by atoms with E-state index < -0.39 is 0 Å². The molecule has 0 fully saturated rings. The van der Waals surface area contributed by atoms with E-state index in [2.05, 4.69) is 16.4 Å². The normalized spacial score (nSPS) is 10.1. The third kappa shape index (κ3) is 3.45. The zero-order chi connectivity index (χ0) is 11.9. The molecule has 1 amide bonds. The summed E-state index contributed by atoms with van der Waals surface area (Å²) in [5.41, 5.74) is 0.673. The third-order valence-corrected chi connectivity index (χ3v) is 2.42. The van der Waals surface area contributed by atoms with E-state index in [4.69, 9.17) is 0 Å². The molecule has 1 heterocycles. The predicted molar refractivity (Wildman–Crippen MR) is 64.5 cm³/mol. The standard InChI is InChI=1S/C13H14N3O/c17-13(12-5-2-1-3-6-12)15-7-4-9-16-10-8-14-11-16/h2-3,5-6,8,10-11H,4,7,9H2,(H,15,17). The van der Waals surface area contributed by atoms with Crippen LogP contribution >= 0.6 is 0 Å². The van der Waals surface area contributed by atoms with Gasteiger partial charge >= 0.3 is 0 Å². The lowest BCUT2D eigenvalue weighted by molar-refractivity contribution is 0.0952. The molecule has 0 saturated carbocycles. The highest BCUT2D eigenvalue weighted by Crippen LogP contribution is 1.97. The Bertz CT molecular complexity index is 451. The van der Waals surface area contributed by atoms with Crippen LogP contribution in [0.2, 0.25) is 0 Å². The van der Waals surface area contributed by atoms with E-state index in [1.54, 1.807) is 36.8 Å². The molecule has 0 aliphatic heterocycles. The van der Waals surface area contributed by atoms with E-state index in [9.17, 15) is 4.79 Å². The molecule has 17 heavy (non-hydrogen) atoms. The Kier molecular flexibility index (Phi) is 3.91. The average molecular weight is 228 g/mol. The Morgan fingerprint density at radius 3 is 2.94 bits per heavy atom. The van der Waals surface area contributed by atoms with Gasteiger partial charge in [-0.15, -0.1) is 0 Å². The molecule has 1 radical (unpaired) electrons. The zero-order valence-corrected chi connectivity index (χ0v) is 9.47. The van der Waals surface area contributed by atoms with Crippen LogP contribution in [0.3, 0.4) is 0 Å². The number of hydrogen-bond donors (Lipinski definition) is 1. The first-order valence-corrected chi connectivity index (χ1v) is 5.56. The summed E-state index contributed by atoms with van der Waals surface area (Å²) in [4.78, 5) is 15.6. The summed E-state index contributed by atoms with van der Waals surface area (Å²) in [6.45, 7) is 1.53. The lowest BCUT2D eigenvalue weighted by Crippen LogP contribution is -2.25. The lowest BCUT2D eigenvalue weighted by atomic mass is 10.2. The third-order valence-electron chi connectivity index (χ3n) is 2.42. The number of aromatic nitrogens is 2. The molecule has 1 N–H and O–H groups in total. The fourth-order valence-electron chi connectivity index (χ4n) is 1.52. The van der Waals surface area contributed by atoms with Crippen molar-refractivity contribution in [3.8, 4) is 0 Å². The zero-order valence-electron chi connectivity index (χ0n) is 9.47. The van der Waals surface area contributed by atoms with Gasteiger partial charge in [0.2, 0.25) is 0 Å². The van der Waals surface area contributed by atoms with Crippen LogP contribution in [0.4, 0.5) is 0 Å². The van der Waals surface area contributed by atoms with E-state index in [1.165, 1.54) is 0 Å². The number of benzene rings is 1. The van der Waals surface area contributed by atoms with E-state index in [0.29, 0.717) is 12.1 Å². The van der Waals surface area contributed by atoms with Gasteiger partial charge in [0.1, 0.15) is 0 Å². The summed E-state index contributed by atoms with van der Waals surface area (Å²) in [6.07, 6.45) is 6.32. The molecule has 0 spiro atoms. The van der Waals surface area contributed by atoms with Crippen molar-refractivity contribution in [1.82, 2.24) is 14.9 Å². The second kappa shape index (κ2) is 5.84. The van der Waals surface area contributed by atoms with Crippen LogP contribution in [0.25, 0.3) is 0 Å². The molecular weight excluding hydrogens is 214 g/mol. The van der Waals surface area contributed by atoms with E-state index in [0.717, 1.165) is 13.0 Å². The fraction of sp³-hybridized carbons (Fsp3) is 0.231. The molecule has 0 bridgehead atoms. The quantitative estimate of drug-likeness (QED) is 0.788. The molecule has 4 nitrogen and oxygen atoms in total. The molecule has 1 aromatic heterocycles. The first-order valence-electron chi connectivity index (χ1n) is 5.56. The molecule has 87 valence electrons.